The van der Waals surface area contributed by atoms with Crippen molar-refractivity contribution in [2.45, 2.75) is 19.4 Å². The zero-order valence-electron chi connectivity index (χ0n) is 14.5. The lowest BCUT2D eigenvalue weighted by Gasteiger charge is -2.35. The van der Waals surface area contributed by atoms with Gasteiger partial charge < -0.3 is 10.0 Å². The number of nitrogens with zero attached hydrogens (tertiary/aromatic N) is 4. The highest BCUT2D eigenvalue weighted by atomic mass is 16.3. The molecule has 25 heavy (non-hydrogen) atoms. The Bertz CT molecular complexity index is 700. The molecule has 6 heteroatoms. The Balaban J connectivity index is 1.53. The molecule has 1 N–H and O–H groups in total. The number of pyridine rings is 1. The van der Waals surface area contributed by atoms with Gasteiger partial charge in [0.1, 0.15) is 17.6 Å². The molecule has 1 unspecified atom stereocenters. The second kappa shape index (κ2) is 8.07. The van der Waals surface area contributed by atoms with Crippen molar-refractivity contribution in [2.75, 3.05) is 37.6 Å². The Morgan fingerprint density at radius 2 is 2.00 bits per heavy atom. The lowest BCUT2D eigenvalue weighted by molar-refractivity contribution is 0.247. The summed E-state index contributed by atoms with van der Waals surface area (Å²) in [7, 11) is 0. The molecule has 0 amide bonds. The molecule has 1 saturated heterocycles. The third-order valence-corrected chi connectivity index (χ3v) is 4.73. The number of anilines is 1. The number of nitroso groups, excluding NO2 is 1. The molecule has 1 aromatic carbocycles. The third kappa shape index (κ3) is 4.33. The van der Waals surface area contributed by atoms with Crippen LogP contribution in [0.4, 0.5) is 5.82 Å². The summed E-state index contributed by atoms with van der Waals surface area (Å²) in [6.07, 6.45) is 2.43. The van der Waals surface area contributed by atoms with E-state index in [0.29, 0.717) is 12.0 Å². The van der Waals surface area contributed by atoms with Gasteiger partial charge in [0.2, 0.25) is 0 Å². The number of hydrogen-bond donors (Lipinski definition) is 1. The Morgan fingerprint density at radius 3 is 2.68 bits per heavy atom. The van der Waals surface area contributed by atoms with E-state index in [-0.39, 0.29) is 5.75 Å². The zero-order valence-corrected chi connectivity index (χ0v) is 14.5. The van der Waals surface area contributed by atoms with Crippen molar-refractivity contribution in [3.8, 4) is 5.75 Å². The lowest BCUT2D eigenvalue weighted by atomic mass is 10.0. The van der Waals surface area contributed by atoms with Gasteiger partial charge in [0.25, 0.3) is 0 Å². The van der Waals surface area contributed by atoms with Crippen molar-refractivity contribution in [3.63, 3.8) is 0 Å². The van der Waals surface area contributed by atoms with Crippen LogP contribution in [-0.4, -0.2) is 47.7 Å². The van der Waals surface area contributed by atoms with E-state index in [1.165, 1.54) is 0 Å². The third-order valence-electron chi connectivity index (χ3n) is 4.73. The number of hydrogen-bond acceptors (Lipinski definition) is 6. The van der Waals surface area contributed by atoms with Gasteiger partial charge in [-0.25, -0.2) is 4.98 Å². The van der Waals surface area contributed by atoms with E-state index in [1.54, 1.807) is 6.07 Å². The van der Waals surface area contributed by atoms with Crippen LogP contribution in [0.25, 0.3) is 0 Å². The number of benzene rings is 1. The van der Waals surface area contributed by atoms with Crippen molar-refractivity contribution in [1.29, 1.82) is 0 Å². The maximum Gasteiger partial charge on any atom is 0.128 e. The van der Waals surface area contributed by atoms with Gasteiger partial charge in [-0.1, -0.05) is 28.9 Å². The van der Waals surface area contributed by atoms with Crippen LogP contribution in [0.15, 0.2) is 47.8 Å². The average molecular weight is 340 g/mol. The summed E-state index contributed by atoms with van der Waals surface area (Å²) in [5.74, 6) is 1.16. The van der Waals surface area contributed by atoms with Crippen molar-refractivity contribution in [2.24, 2.45) is 5.18 Å². The molecule has 3 rings (SSSR count). The predicted molar refractivity (Wildman–Crippen MR) is 98.9 cm³/mol. The van der Waals surface area contributed by atoms with Gasteiger partial charge >= 0.3 is 0 Å². The largest absolute Gasteiger partial charge is 0.508 e. The second-order valence-corrected chi connectivity index (χ2v) is 6.49. The van der Waals surface area contributed by atoms with Gasteiger partial charge in [-0.05, 0) is 31.5 Å². The molecule has 132 valence electrons. The van der Waals surface area contributed by atoms with Gasteiger partial charge in [0.05, 0.1) is 0 Å². The average Bonchev–Trinajstić information content (AvgIpc) is 2.66. The van der Waals surface area contributed by atoms with Gasteiger partial charge in [-0.2, -0.15) is 4.91 Å². The topological polar surface area (TPSA) is 69.0 Å². The number of rotatable bonds is 6. The van der Waals surface area contributed by atoms with Crippen LogP contribution >= 0.6 is 0 Å². The van der Waals surface area contributed by atoms with E-state index in [9.17, 15) is 10.0 Å². The molecule has 0 aliphatic carbocycles. The molecule has 0 saturated carbocycles. The van der Waals surface area contributed by atoms with Crippen LogP contribution < -0.4 is 4.90 Å². The molecule has 1 fully saturated rings. The summed E-state index contributed by atoms with van der Waals surface area (Å²) in [5, 5.41) is 13.3. The minimum Gasteiger partial charge on any atom is -0.508 e. The van der Waals surface area contributed by atoms with Crippen molar-refractivity contribution in [3.05, 3.63) is 58.6 Å². The fourth-order valence-electron chi connectivity index (χ4n) is 3.25. The summed E-state index contributed by atoms with van der Waals surface area (Å²) in [6.45, 7) is 6.45. The minimum absolute atomic E-state index is 0.148. The molecule has 0 radical (unpaired) electrons. The quantitative estimate of drug-likeness (QED) is 0.818. The predicted octanol–water partition coefficient (Wildman–Crippen LogP) is 3.12. The molecule has 1 aliphatic rings. The number of aryl methyl sites for hydroxylation is 1. The molecule has 0 bridgehead atoms. The Kier molecular flexibility index (Phi) is 5.60. The second-order valence-electron chi connectivity index (χ2n) is 6.49. The smallest absolute Gasteiger partial charge is 0.128 e. The van der Waals surface area contributed by atoms with Crippen LogP contribution in [0.3, 0.4) is 0 Å². The standard InChI is InChI=1S/C19H24N4O2/c1-15-5-6-18(24)16(14-15)17(21-25)7-9-22-10-12-23(13-11-22)19-4-2-3-8-20-19/h2-6,8,14,17,24H,7,9-13H2,1H3. The molecule has 0 spiro atoms. The number of aromatic nitrogens is 1. The molecule has 6 nitrogen and oxygen atoms in total. The van der Waals surface area contributed by atoms with Crippen LogP contribution in [-0.2, 0) is 0 Å². The normalized spacial score (nSPS) is 16.6. The molecular weight excluding hydrogens is 316 g/mol. The highest BCUT2D eigenvalue weighted by Crippen LogP contribution is 2.30. The van der Waals surface area contributed by atoms with Gasteiger partial charge in [-0.15, -0.1) is 0 Å². The fraction of sp³-hybridized carbons (Fsp3) is 0.421. The van der Waals surface area contributed by atoms with Crippen LogP contribution in [0.2, 0.25) is 0 Å². The Morgan fingerprint density at radius 1 is 1.20 bits per heavy atom. The van der Waals surface area contributed by atoms with Crippen LogP contribution in [0.1, 0.15) is 23.6 Å². The number of piperazine rings is 1. The lowest BCUT2D eigenvalue weighted by Crippen LogP contribution is -2.47. The van der Waals surface area contributed by atoms with Gasteiger partial charge in [-0.3, -0.25) is 4.90 Å². The molecule has 1 atom stereocenters. The van der Waals surface area contributed by atoms with Crippen molar-refractivity contribution < 1.29 is 5.11 Å². The Labute approximate surface area is 148 Å². The SMILES string of the molecule is Cc1ccc(O)c(C(CCN2CCN(c3ccccn3)CC2)N=O)c1. The van der Waals surface area contributed by atoms with E-state index in [0.717, 1.165) is 44.1 Å². The monoisotopic (exact) mass is 340 g/mol. The van der Waals surface area contributed by atoms with E-state index in [4.69, 9.17) is 0 Å². The molecule has 1 aromatic heterocycles. The summed E-state index contributed by atoms with van der Waals surface area (Å²) in [5.41, 5.74) is 1.65. The summed E-state index contributed by atoms with van der Waals surface area (Å²) in [6, 6.07) is 10.8. The van der Waals surface area contributed by atoms with E-state index >= 15 is 0 Å². The summed E-state index contributed by atoms with van der Waals surface area (Å²) >= 11 is 0. The minimum atomic E-state index is -0.506. The maximum absolute atomic E-state index is 11.3. The van der Waals surface area contributed by atoms with Gasteiger partial charge in [0.15, 0.2) is 0 Å². The summed E-state index contributed by atoms with van der Waals surface area (Å²) < 4.78 is 0. The first-order chi connectivity index (χ1) is 12.2. The number of aromatic hydroxyl groups is 1. The number of phenols is 1. The maximum atomic E-state index is 11.3. The Hall–Kier alpha value is -2.47. The highest BCUT2D eigenvalue weighted by Gasteiger charge is 2.21. The van der Waals surface area contributed by atoms with Crippen LogP contribution in [0.5, 0.6) is 5.75 Å². The van der Waals surface area contributed by atoms with Crippen LogP contribution in [0, 0.1) is 11.8 Å². The zero-order chi connectivity index (χ0) is 17.6. The van der Waals surface area contributed by atoms with E-state index in [2.05, 4.69) is 20.0 Å². The molecule has 1 aliphatic heterocycles. The fourth-order valence-corrected chi connectivity index (χ4v) is 3.25. The van der Waals surface area contributed by atoms with E-state index < -0.39 is 6.04 Å². The number of phenolic OH excluding ortho intramolecular Hbond substituents is 1. The molecule has 2 heterocycles. The summed E-state index contributed by atoms with van der Waals surface area (Å²) in [4.78, 5) is 20.3. The first kappa shape index (κ1) is 17.4. The van der Waals surface area contributed by atoms with Crippen molar-refractivity contribution in [1.82, 2.24) is 9.88 Å². The first-order valence-corrected chi connectivity index (χ1v) is 8.67. The van der Waals surface area contributed by atoms with E-state index in [1.807, 2.05) is 43.5 Å². The molecule has 2 aromatic rings. The molecular formula is C19H24N4O2. The van der Waals surface area contributed by atoms with Crippen molar-refractivity contribution >= 4 is 5.82 Å². The highest BCUT2D eigenvalue weighted by molar-refractivity contribution is 5.39. The van der Waals surface area contributed by atoms with Gasteiger partial charge in [0, 0.05) is 44.5 Å². The first-order valence-electron chi connectivity index (χ1n) is 8.67.